The smallest absolute Gasteiger partial charge is 0.143 e. The normalized spacial score (nSPS) is 12.2. The second-order valence-electron chi connectivity index (χ2n) is 12.8. The van der Waals surface area contributed by atoms with Crippen LogP contribution in [0.15, 0.2) is 162 Å². The molecule has 2 aromatic heterocycles. The van der Waals surface area contributed by atoms with Crippen molar-refractivity contribution in [3.63, 3.8) is 0 Å². The quantitative estimate of drug-likeness (QED) is 0.174. The molecular formula is C46H26OS. The van der Waals surface area contributed by atoms with Crippen molar-refractivity contribution in [1.82, 2.24) is 0 Å². The minimum atomic E-state index is 0.943. The highest BCUT2D eigenvalue weighted by Gasteiger charge is 2.20. The molecule has 0 aliphatic carbocycles. The lowest BCUT2D eigenvalue weighted by atomic mass is 9.85. The maximum Gasteiger partial charge on any atom is 0.143 e. The fraction of sp³-hybridized carbons (Fsp3) is 0. The lowest BCUT2D eigenvalue weighted by Crippen LogP contribution is -1.90. The summed E-state index contributed by atoms with van der Waals surface area (Å²) < 4.78 is 9.13. The molecule has 0 unspecified atom stereocenters. The minimum Gasteiger partial charge on any atom is -0.455 e. The molecule has 0 spiro atoms. The minimum absolute atomic E-state index is 0.943. The number of furan rings is 1. The van der Waals surface area contributed by atoms with Crippen molar-refractivity contribution in [2.45, 2.75) is 0 Å². The van der Waals surface area contributed by atoms with E-state index in [4.69, 9.17) is 4.42 Å². The summed E-state index contributed by atoms with van der Waals surface area (Å²) in [5.41, 5.74) is 6.98. The molecule has 48 heavy (non-hydrogen) atoms. The molecule has 0 saturated carbocycles. The van der Waals surface area contributed by atoms with Gasteiger partial charge in [0.05, 0.1) is 0 Å². The zero-order chi connectivity index (χ0) is 31.3. The van der Waals surface area contributed by atoms with E-state index in [1.165, 1.54) is 90.9 Å². The van der Waals surface area contributed by atoms with Crippen LogP contribution in [-0.4, -0.2) is 0 Å². The largest absolute Gasteiger partial charge is 0.455 e. The van der Waals surface area contributed by atoms with E-state index in [0.717, 1.165) is 16.6 Å². The Morgan fingerprint density at radius 2 is 0.917 bits per heavy atom. The van der Waals surface area contributed by atoms with Gasteiger partial charge < -0.3 is 4.42 Å². The highest BCUT2D eigenvalue weighted by atomic mass is 32.1. The lowest BCUT2D eigenvalue weighted by molar-refractivity contribution is 0.673. The molecule has 0 amide bonds. The first-order valence-corrected chi connectivity index (χ1v) is 17.2. The van der Waals surface area contributed by atoms with Gasteiger partial charge in [0.25, 0.3) is 0 Å². The summed E-state index contributed by atoms with van der Waals surface area (Å²) in [5.74, 6) is 0. The molecule has 1 nitrogen and oxygen atoms in total. The summed E-state index contributed by atoms with van der Waals surface area (Å²) in [6.45, 7) is 0. The third-order valence-electron chi connectivity index (χ3n) is 10.2. The van der Waals surface area contributed by atoms with E-state index >= 15 is 0 Å². The van der Waals surface area contributed by atoms with E-state index in [2.05, 4.69) is 158 Å². The number of rotatable bonds is 2. The number of thiophene rings is 1. The molecule has 0 saturated heterocycles. The Bertz CT molecular complexity index is 3060. The molecule has 0 radical (unpaired) electrons. The van der Waals surface area contributed by atoms with Crippen LogP contribution in [0.25, 0.3) is 107 Å². The maximum atomic E-state index is 6.56. The first-order chi connectivity index (χ1) is 23.8. The number of fused-ring (bicyclic) bond motifs is 12. The van der Waals surface area contributed by atoms with Crippen molar-refractivity contribution in [1.29, 1.82) is 0 Å². The van der Waals surface area contributed by atoms with Gasteiger partial charge in [0.1, 0.15) is 11.2 Å². The Morgan fingerprint density at radius 1 is 0.354 bits per heavy atom. The predicted molar refractivity (Wildman–Crippen MR) is 208 cm³/mol. The Kier molecular flexibility index (Phi) is 5.32. The van der Waals surface area contributed by atoms with Gasteiger partial charge in [-0.2, -0.15) is 0 Å². The topological polar surface area (TPSA) is 13.1 Å². The van der Waals surface area contributed by atoms with E-state index in [1.807, 2.05) is 11.3 Å². The monoisotopic (exact) mass is 626 g/mol. The Balaban J connectivity index is 1.18. The summed E-state index contributed by atoms with van der Waals surface area (Å²) in [6, 6.07) is 57.8. The van der Waals surface area contributed by atoms with Crippen LogP contribution in [0.5, 0.6) is 0 Å². The SMILES string of the molecule is c1ccc2cc(-c3c4ccccc4c(-c4ccc5c(c4)sc4ccc6oc7c8ccccc8ccc7c6c45)c4ccccc34)ccc2c1. The van der Waals surface area contributed by atoms with Gasteiger partial charge in [-0.1, -0.05) is 127 Å². The predicted octanol–water partition coefficient (Wildman–Crippen LogP) is 13.9. The van der Waals surface area contributed by atoms with E-state index in [0.29, 0.717) is 0 Å². The summed E-state index contributed by atoms with van der Waals surface area (Å²) >= 11 is 1.87. The number of benzene rings is 9. The molecular weight excluding hydrogens is 601 g/mol. The van der Waals surface area contributed by atoms with Crippen LogP contribution < -0.4 is 0 Å². The second-order valence-corrected chi connectivity index (χ2v) is 13.9. The van der Waals surface area contributed by atoms with E-state index in [9.17, 15) is 0 Å². The van der Waals surface area contributed by atoms with Crippen molar-refractivity contribution in [2.24, 2.45) is 0 Å². The van der Waals surface area contributed by atoms with Gasteiger partial charge in [0.2, 0.25) is 0 Å². The number of hydrogen-bond donors (Lipinski definition) is 0. The molecule has 2 heteroatoms. The molecule has 0 aliphatic heterocycles. The van der Waals surface area contributed by atoms with Gasteiger partial charge in [0.15, 0.2) is 0 Å². The maximum absolute atomic E-state index is 6.56. The molecule has 0 bridgehead atoms. The first kappa shape index (κ1) is 26.1. The Morgan fingerprint density at radius 3 is 1.65 bits per heavy atom. The van der Waals surface area contributed by atoms with Gasteiger partial charge in [0, 0.05) is 36.3 Å². The van der Waals surface area contributed by atoms with Crippen molar-refractivity contribution in [3.05, 3.63) is 158 Å². The highest BCUT2D eigenvalue weighted by molar-refractivity contribution is 7.26. The molecule has 2 heterocycles. The van der Waals surface area contributed by atoms with E-state index in [-0.39, 0.29) is 0 Å². The van der Waals surface area contributed by atoms with Crippen molar-refractivity contribution >= 4 is 96.5 Å². The van der Waals surface area contributed by atoms with Crippen LogP contribution in [0.3, 0.4) is 0 Å². The van der Waals surface area contributed by atoms with Gasteiger partial charge >= 0.3 is 0 Å². The molecule has 0 atom stereocenters. The van der Waals surface area contributed by atoms with Gasteiger partial charge in [-0.15, -0.1) is 11.3 Å². The lowest BCUT2D eigenvalue weighted by Gasteiger charge is -2.18. The van der Waals surface area contributed by atoms with Gasteiger partial charge in [-0.3, -0.25) is 0 Å². The fourth-order valence-electron chi connectivity index (χ4n) is 8.11. The zero-order valence-electron chi connectivity index (χ0n) is 25.8. The molecule has 9 aromatic carbocycles. The standard InChI is InChI=1S/C46H26OS/c1-2-11-29-25-30(18-17-27(29)9-1)42-33-13-5-7-15-35(33)43(36-16-8-6-14-34(36)42)31-20-21-37-41(26-31)48-40-24-23-39-44(45(37)40)38-22-19-28-10-3-4-12-32(28)46(38)47-39/h1-26H. The first-order valence-electron chi connectivity index (χ1n) is 16.4. The molecule has 11 rings (SSSR count). The van der Waals surface area contributed by atoms with Crippen molar-refractivity contribution < 1.29 is 4.42 Å². The molecule has 0 aliphatic rings. The van der Waals surface area contributed by atoms with Crippen molar-refractivity contribution in [3.8, 4) is 22.3 Å². The van der Waals surface area contributed by atoms with E-state index < -0.39 is 0 Å². The summed E-state index contributed by atoms with van der Waals surface area (Å²) in [6.07, 6.45) is 0. The van der Waals surface area contributed by atoms with Gasteiger partial charge in [-0.25, -0.2) is 0 Å². The van der Waals surface area contributed by atoms with Crippen LogP contribution in [0.2, 0.25) is 0 Å². The number of hydrogen-bond acceptors (Lipinski definition) is 2. The second kappa shape index (κ2) is 9.78. The Hall–Kier alpha value is -5.96. The van der Waals surface area contributed by atoms with Crippen LogP contribution in [0.4, 0.5) is 0 Å². The summed E-state index contributed by atoms with van der Waals surface area (Å²) in [5, 5.41) is 14.9. The van der Waals surface area contributed by atoms with Crippen LogP contribution in [0, 0.1) is 0 Å². The van der Waals surface area contributed by atoms with Crippen LogP contribution in [0.1, 0.15) is 0 Å². The zero-order valence-corrected chi connectivity index (χ0v) is 26.6. The average Bonchev–Trinajstić information content (AvgIpc) is 3.71. The molecule has 0 N–H and O–H groups in total. The van der Waals surface area contributed by atoms with E-state index in [1.54, 1.807) is 0 Å². The third kappa shape index (κ3) is 3.61. The summed E-state index contributed by atoms with van der Waals surface area (Å²) in [4.78, 5) is 0. The third-order valence-corrected chi connectivity index (χ3v) is 11.3. The summed E-state index contributed by atoms with van der Waals surface area (Å²) in [7, 11) is 0. The molecule has 222 valence electrons. The molecule has 11 aromatic rings. The van der Waals surface area contributed by atoms with Crippen molar-refractivity contribution in [2.75, 3.05) is 0 Å². The van der Waals surface area contributed by atoms with Crippen LogP contribution in [-0.2, 0) is 0 Å². The molecule has 0 fully saturated rings. The van der Waals surface area contributed by atoms with Gasteiger partial charge in [-0.05, 0) is 90.3 Å². The highest BCUT2D eigenvalue weighted by Crippen LogP contribution is 2.47. The average molecular weight is 627 g/mol. The Labute approximate surface area is 279 Å². The fourth-order valence-corrected chi connectivity index (χ4v) is 9.26. The van der Waals surface area contributed by atoms with Crippen LogP contribution >= 0.6 is 11.3 Å².